The molecule has 1 N–H and O–H groups in total. The SMILES string of the molecule is CNC(=O)/C(C#N)=C\c1ccc(CN(Cc2ccc(Cl)c(Cl)c2)S(=O)(=O)c2ccc(C)cc2)o1. The van der Waals surface area contributed by atoms with Gasteiger partial charge >= 0.3 is 0 Å². The van der Waals surface area contributed by atoms with E-state index < -0.39 is 15.9 Å². The van der Waals surface area contributed by atoms with Crippen LogP contribution in [0.2, 0.25) is 10.0 Å². The van der Waals surface area contributed by atoms with Crippen molar-refractivity contribution in [1.82, 2.24) is 9.62 Å². The van der Waals surface area contributed by atoms with E-state index in [4.69, 9.17) is 27.6 Å². The molecule has 10 heteroatoms. The molecule has 0 aliphatic rings. The first-order chi connectivity index (χ1) is 16.1. The molecule has 0 bridgehead atoms. The molecule has 0 saturated carbocycles. The predicted octanol–water partition coefficient (Wildman–Crippen LogP) is 4.94. The zero-order valence-electron chi connectivity index (χ0n) is 18.4. The minimum absolute atomic E-state index is 0.0145. The highest BCUT2D eigenvalue weighted by Crippen LogP contribution is 2.27. The highest BCUT2D eigenvalue weighted by molar-refractivity contribution is 7.89. The lowest BCUT2D eigenvalue weighted by Crippen LogP contribution is -2.30. The second kappa shape index (κ2) is 10.9. The molecular weight excluding hydrogens is 497 g/mol. The van der Waals surface area contributed by atoms with E-state index in [-0.39, 0.29) is 29.3 Å². The molecule has 2 aromatic carbocycles. The third kappa shape index (κ3) is 6.07. The van der Waals surface area contributed by atoms with Crippen molar-refractivity contribution < 1.29 is 17.6 Å². The number of rotatable bonds is 8. The van der Waals surface area contributed by atoms with Crippen molar-refractivity contribution in [2.75, 3.05) is 7.05 Å². The lowest BCUT2D eigenvalue weighted by atomic mass is 10.2. The Balaban J connectivity index is 1.96. The Kier molecular flexibility index (Phi) is 8.18. The highest BCUT2D eigenvalue weighted by Gasteiger charge is 2.26. The third-order valence-electron chi connectivity index (χ3n) is 4.90. The molecule has 1 aromatic heterocycles. The molecule has 0 aliphatic carbocycles. The maximum absolute atomic E-state index is 13.5. The summed E-state index contributed by atoms with van der Waals surface area (Å²) >= 11 is 12.1. The maximum atomic E-state index is 13.5. The van der Waals surface area contributed by atoms with E-state index in [0.717, 1.165) is 5.56 Å². The molecule has 0 saturated heterocycles. The number of amides is 1. The number of furan rings is 1. The molecule has 0 spiro atoms. The smallest absolute Gasteiger partial charge is 0.261 e. The number of sulfonamides is 1. The molecule has 3 aromatic rings. The molecule has 0 fully saturated rings. The Morgan fingerprint density at radius 2 is 1.79 bits per heavy atom. The highest BCUT2D eigenvalue weighted by atomic mass is 35.5. The fraction of sp³-hybridized carbons (Fsp3) is 0.167. The van der Waals surface area contributed by atoms with Gasteiger partial charge in [0.05, 0.1) is 21.5 Å². The summed E-state index contributed by atoms with van der Waals surface area (Å²) in [6, 6.07) is 16.4. The van der Waals surface area contributed by atoms with Gasteiger partial charge in [0, 0.05) is 19.7 Å². The maximum Gasteiger partial charge on any atom is 0.261 e. The first-order valence-electron chi connectivity index (χ1n) is 10.1. The van der Waals surface area contributed by atoms with Gasteiger partial charge in [-0.3, -0.25) is 4.79 Å². The van der Waals surface area contributed by atoms with Crippen LogP contribution in [0, 0.1) is 18.3 Å². The van der Waals surface area contributed by atoms with Gasteiger partial charge in [0.1, 0.15) is 23.2 Å². The van der Waals surface area contributed by atoms with E-state index in [1.165, 1.54) is 17.4 Å². The summed E-state index contributed by atoms with van der Waals surface area (Å²) in [5, 5.41) is 12.2. The molecule has 0 atom stereocenters. The second-order valence-electron chi connectivity index (χ2n) is 7.39. The summed E-state index contributed by atoms with van der Waals surface area (Å²) < 4.78 is 33.9. The average Bonchev–Trinajstić information content (AvgIpc) is 3.26. The number of nitrogens with one attached hydrogen (secondary N) is 1. The number of likely N-dealkylation sites (N-methyl/N-ethyl adjacent to an activating group) is 1. The third-order valence-corrected chi connectivity index (χ3v) is 7.44. The molecule has 1 heterocycles. The zero-order chi connectivity index (χ0) is 24.9. The van der Waals surface area contributed by atoms with Crippen LogP contribution in [0.4, 0.5) is 0 Å². The summed E-state index contributed by atoms with van der Waals surface area (Å²) in [5.41, 5.74) is 1.44. The van der Waals surface area contributed by atoms with E-state index in [1.54, 1.807) is 60.7 Å². The Hall–Kier alpha value is -3.09. The zero-order valence-corrected chi connectivity index (χ0v) is 20.7. The largest absolute Gasteiger partial charge is 0.460 e. The minimum Gasteiger partial charge on any atom is -0.460 e. The minimum atomic E-state index is -3.91. The van der Waals surface area contributed by atoms with Crippen LogP contribution in [-0.4, -0.2) is 25.7 Å². The summed E-state index contributed by atoms with van der Waals surface area (Å²) in [5.74, 6) is 0.0252. The van der Waals surface area contributed by atoms with Gasteiger partial charge in [-0.15, -0.1) is 0 Å². The molecule has 3 rings (SSSR count). The Labute approximate surface area is 208 Å². The summed E-state index contributed by atoms with van der Waals surface area (Å²) in [4.78, 5) is 11.9. The van der Waals surface area contributed by atoms with Crippen LogP contribution < -0.4 is 5.32 Å². The van der Waals surface area contributed by atoms with Crippen LogP contribution in [0.25, 0.3) is 6.08 Å². The van der Waals surface area contributed by atoms with Crippen molar-refractivity contribution in [3.05, 3.63) is 92.9 Å². The van der Waals surface area contributed by atoms with E-state index in [9.17, 15) is 18.5 Å². The number of benzene rings is 2. The van der Waals surface area contributed by atoms with Crippen LogP contribution in [0.5, 0.6) is 0 Å². The number of hydrogen-bond acceptors (Lipinski definition) is 5. The number of nitrogens with zero attached hydrogens (tertiary/aromatic N) is 2. The van der Waals surface area contributed by atoms with E-state index >= 15 is 0 Å². The van der Waals surface area contributed by atoms with Crippen molar-refractivity contribution in [3.63, 3.8) is 0 Å². The normalized spacial score (nSPS) is 11.9. The lowest BCUT2D eigenvalue weighted by Gasteiger charge is -2.22. The van der Waals surface area contributed by atoms with Crippen molar-refractivity contribution in [1.29, 1.82) is 5.26 Å². The number of carbonyl (C=O) groups excluding carboxylic acids is 1. The summed E-state index contributed by atoms with van der Waals surface area (Å²) in [6.07, 6.45) is 1.29. The lowest BCUT2D eigenvalue weighted by molar-refractivity contribution is -0.116. The molecule has 176 valence electrons. The number of nitriles is 1. The topological polar surface area (TPSA) is 103 Å². The van der Waals surface area contributed by atoms with Gasteiger partial charge in [0.25, 0.3) is 5.91 Å². The fourth-order valence-electron chi connectivity index (χ4n) is 3.08. The molecule has 0 unspecified atom stereocenters. The number of carbonyl (C=O) groups is 1. The molecule has 34 heavy (non-hydrogen) atoms. The van der Waals surface area contributed by atoms with Gasteiger partial charge in [-0.2, -0.15) is 9.57 Å². The quantitative estimate of drug-likeness (QED) is 0.336. The molecular formula is C24H21Cl2N3O4S. The summed E-state index contributed by atoms with van der Waals surface area (Å²) in [6.45, 7) is 1.79. The molecule has 0 aliphatic heterocycles. The first kappa shape index (κ1) is 25.5. The van der Waals surface area contributed by atoms with Gasteiger partial charge in [-0.25, -0.2) is 8.42 Å². The standard InChI is InChI=1S/C24H21Cl2N3O4S/c1-16-3-8-21(9-4-16)34(31,32)29(14-17-5-10-22(25)23(26)11-17)15-20-7-6-19(33-20)12-18(13-27)24(30)28-2/h3-12H,14-15H2,1-2H3,(H,28,30)/b18-12-. The van der Waals surface area contributed by atoms with Crippen molar-refractivity contribution >= 4 is 45.2 Å². The van der Waals surface area contributed by atoms with E-state index in [1.807, 2.05) is 6.92 Å². The van der Waals surface area contributed by atoms with Crippen molar-refractivity contribution in [3.8, 4) is 6.07 Å². The molecule has 0 radical (unpaired) electrons. The Morgan fingerprint density at radius 3 is 2.41 bits per heavy atom. The van der Waals surface area contributed by atoms with Crippen molar-refractivity contribution in [2.45, 2.75) is 24.9 Å². The van der Waals surface area contributed by atoms with Crippen LogP contribution in [0.15, 0.2) is 69.5 Å². The van der Waals surface area contributed by atoms with Gasteiger partial charge in [-0.05, 0) is 48.9 Å². The van der Waals surface area contributed by atoms with Crippen LogP contribution in [-0.2, 0) is 27.9 Å². The van der Waals surface area contributed by atoms with Crippen molar-refractivity contribution in [2.24, 2.45) is 0 Å². The number of aryl methyl sites for hydroxylation is 1. The number of hydrogen-bond donors (Lipinski definition) is 1. The fourth-order valence-corrected chi connectivity index (χ4v) is 4.80. The van der Waals surface area contributed by atoms with Gasteiger partial charge in [0.15, 0.2) is 0 Å². The molecule has 1 amide bonds. The molecule has 7 nitrogen and oxygen atoms in total. The average molecular weight is 518 g/mol. The van der Waals surface area contributed by atoms with Gasteiger partial charge in [0.2, 0.25) is 10.0 Å². The summed E-state index contributed by atoms with van der Waals surface area (Å²) in [7, 11) is -2.49. The van der Waals surface area contributed by atoms with Crippen LogP contribution in [0.1, 0.15) is 22.6 Å². The van der Waals surface area contributed by atoms with Gasteiger partial charge < -0.3 is 9.73 Å². The van der Waals surface area contributed by atoms with E-state index in [0.29, 0.717) is 21.4 Å². The predicted molar refractivity (Wildman–Crippen MR) is 130 cm³/mol. The first-order valence-corrected chi connectivity index (χ1v) is 12.3. The van der Waals surface area contributed by atoms with Crippen LogP contribution in [0.3, 0.4) is 0 Å². The van der Waals surface area contributed by atoms with E-state index in [2.05, 4.69) is 5.32 Å². The van der Waals surface area contributed by atoms with Gasteiger partial charge in [-0.1, -0.05) is 47.0 Å². The number of halogens is 2. The monoisotopic (exact) mass is 517 g/mol. The Bertz CT molecular complexity index is 1370. The van der Waals surface area contributed by atoms with Crippen LogP contribution >= 0.6 is 23.2 Å². The second-order valence-corrected chi connectivity index (χ2v) is 10.1. The Morgan fingerprint density at radius 1 is 1.09 bits per heavy atom.